The van der Waals surface area contributed by atoms with Crippen molar-refractivity contribution >= 4 is 5.91 Å². The van der Waals surface area contributed by atoms with Crippen LogP contribution in [0.2, 0.25) is 0 Å². The molecule has 0 radical (unpaired) electrons. The number of aromatic nitrogens is 2. The first kappa shape index (κ1) is 16.7. The van der Waals surface area contributed by atoms with E-state index in [0.29, 0.717) is 18.5 Å². The molecule has 0 fully saturated rings. The second-order valence-corrected chi connectivity index (χ2v) is 5.84. The van der Waals surface area contributed by atoms with E-state index >= 15 is 0 Å². The van der Waals surface area contributed by atoms with Gasteiger partial charge >= 0.3 is 0 Å². The van der Waals surface area contributed by atoms with E-state index in [1.807, 2.05) is 13.1 Å². The van der Waals surface area contributed by atoms with Crippen LogP contribution in [-0.4, -0.2) is 21.7 Å². The number of carbonyl (C=O) groups is 1. The molecule has 0 saturated heterocycles. The van der Waals surface area contributed by atoms with Crippen LogP contribution in [0, 0.1) is 6.92 Å². The fraction of sp³-hybridized carbons (Fsp3) is 0.750. The highest BCUT2D eigenvalue weighted by atomic mass is 16.2. The van der Waals surface area contributed by atoms with Gasteiger partial charge in [0.1, 0.15) is 6.54 Å². The minimum absolute atomic E-state index is 0.0609. The third-order valence-corrected chi connectivity index (χ3v) is 3.68. The predicted molar refractivity (Wildman–Crippen MR) is 82.8 cm³/mol. The molecule has 0 spiro atoms. The number of unbranched alkanes of at least 4 members (excludes halogenated alkanes) is 1. The number of nitrogens with zero attached hydrogens (tertiary/aromatic N) is 2. The molecule has 1 amide bonds. The summed E-state index contributed by atoms with van der Waals surface area (Å²) in [6.45, 7) is 10.9. The standard InChI is InChI=1S/C16H29N3O/c1-6-8-9-14(7-2)17-16(20)11-19-10-15(12(3)4)13(5)18-19/h10,12,14H,6-9,11H2,1-5H3,(H,17,20). The number of nitrogens with one attached hydrogen (secondary N) is 1. The topological polar surface area (TPSA) is 46.9 Å². The van der Waals surface area contributed by atoms with Crippen LogP contribution in [0.4, 0.5) is 0 Å². The maximum absolute atomic E-state index is 12.1. The largest absolute Gasteiger partial charge is 0.352 e. The molecule has 1 atom stereocenters. The second kappa shape index (κ2) is 8.08. The van der Waals surface area contributed by atoms with Crippen LogP contribution in [0.25, 0.3) is 0 Å². The van der Waals surface area contributed by atoms with Crippen molar-refractivity contribution in [2.24, 2.45) is 0 Å². The maximum atomic E-state index is 12.1. The molecule has 4 heteroatoms. The molecule has 1 heterocycles. The first-order chi connectivity index (χ1) is 9.47. The fourth-order valence-electron chi connectivity index (χ4n) is 2.43. The Bertz CT molecular complexity index is 423. The van der Waals surface area contributed by atoms with Gasteiger partial charge in [-0.2, -0.15) is 5.10 Å². The summed E-state index contributed by atoms with van der Waals surface area (Å²) in [6, 6.07) is 0.295. The van der Waals surface area contributed by atoms with Gasteiger partial charge in [0.2, 0.25) is 5.91 Å². The third-order valence-electron chi connectivity index (χ3n) is 3.68. The molecule has 4 nitrogen and oxygen atoms in total. The van der Waals surface area contributed by atoms with Gasteiger partial charge in [-0.15, -0.1) is 0 Å². The lowest BCUT2D eigenvalue weighted by atomic mass is 10.1. The quantitative estimate of drug-likeness (QED) is 0.792. The Morgan fingerprint density at radius 1 is 1.40 bits per heavy atom. The Morgan fingerprint density at radius 2 is 2.10 bits per heavy atom. The van der Waals surface area contributed by atoms with E-state index in [4.69, 9.17) is 0 Å². The molecule has 0 aliphatic heterocycles. The number of amides is 1. The monoisotopic (exact) mass is 279 g/mol. The number of rotatable bonds is 8. The Labute approximate surface area is 122 Å². The normalized spacial score (nSPS) is 12.7. The van der Waals surface area contributed by atoms with Gasteiger partial charge in [0, 0.05) is 12.2 Å². The summed E-state index contributed by atoms with van der Waals surface area (Å²) in [5.74, 6) is 0.505. The summed E-state index contributed by atoms with van der Waals surface area (Å²) < 4.78 is 1.76. The molecule has 1 unspecified atom stereocenters. The third kappa shape index (κ3) is 4.99. The van der Waals surface area contributed by atoms with Crippen molar-refractivity contribution < 1.29 is 4.79 Å². The molecule has 0 saturated carbocycles. The van der Waals surface area contributed by atoms with Gasteiger partial charge in [0.05, 0.1) is 5.69 Å². The molecular weight excluding hydrogens is 250 g/mol. The van der Waals surface area contributed by atoms with Gasteiger partial charge in [0.25, 0.3) is 0 Å². The minimum atomic E-state index is 0.0609. The molecule has 1 rings (SSSR count). The molecular formula is C16H29N3O. The van der Waals surface area contributed by atoms with E-state index in [0.717, 1.165) is 25.0 Å². The van der Waals surface area contributed by atoms with Crippen molar-refractivity contribution in [2.75, 3.05) is 0 Å². The number of hydrogen-bond acceptors (Lipinski definition) is 2. The van der Waals surface area contributed by atoms with Crippen LogP contribution in [0.3, 0.4) is 0 Å². The van der Waals surface area contributed by atoms with E-state index in [9.17, 15) is 4.79 Å². The van der Waals surface area contributed by atoms with Crippen molar-refractivity contribution in [1.82, 2.24) is 15.1 Å². The van der Waals surface area contributed by atoms with Crippen molar-refractivity contribution in [3.05, 3.63) is 17.5 Å². The lowest BCUT2D eigenvalue weighted by Gasteiger charge is -2.16. The van der Waals surface area contributed by atoms with Crippen molar-refractivity contribution in [3.8, 4) is 0 Å². The van der Waals surface area contributed by atoms with E-state index < -0.39 is 0 Å². The van der Waals surface area contributed by atoms with Crippen molar-refractivity contribution in [2.45, 2.75) is 78.8 Å². The summed E-state index contributed by atoms with van der Waals surface area (Å²) in [7, 11) is 0. The Balaban J connectivity index is 2.55. The van der Waals surface area contributed by atoms with Crippen LogP contribution in [-0.2, 0) is 11.3 Å². The lowest BCUT2D eigenvalue weighted by Crippen LogP contribution is -2.36. The SMILES string of the molecule is CCCCC(CC)NC(=O)Cn1cc(C(C)C)c(C)n1. The summed E-state index contributed by atoms with van der Waals surface area (Å²) in [6.07, 6.45) is 6.38. The molecule has 0 aromatic carbocycles. The number of hydrogen-bond donors (Lipinski definition) is 1. The molecule has 20 heavy (non-hydrogen) atoms. The van der Waals surface area contributed by atoms with Crippen molar-refractivity contribution in [1.29, 1.82) is 0 Å². The van der Waals surface area contributed by atoms with Gasteiger partial charge in [-0.25, -0.2) is 0 Å². The van der Waals surface area contributed by atoms with E-state index in [-0.39, 0.29) is 5.91 Å². The molecule has 1 aromatic rings. The average Bonchev–Trinajstić information content (AvgIpc) is 2.75. The Kier molecular flexibility index (Phi) is 6.76. The highest BCUT2D eigenvalue weighted by Crippen LogP contribution is 2.17. The fourth-order valence-corrected chi connectivity index (χ4v) is 2.43. The zero-order valence-electron chi connectivity index (χ0n) is 13.6. The van der Waals surface area contributed by atoms with E-state index in [1.165, 1.54) is 12.0 Å². The first-order valence-electron chi connectivity index (χ1n) is 7.81. The smallest absolute Gasteiger partial charge is 0.241 e. The second-order valence-electron chi connectivity index (χ2n) is 5.84. The van der Waals surface area contributed by atoms with Crippen molar-refractivity contribution in [3.63, 3.8) is 0 Å². The highest BCUT2D eigenvalue weighted by Gasteiger charge is 2.13. The van der Waals surface area contributed by atoms with Crippen LogP contribution in [0.5, 0.6) is 0 Å². The van der Waals surface area contributed by atoms with Gasteiger partial charge in [-0.3, -0.25) is 9.48 Å². The van der Waals surface area contributed by atoms with Gasteiger partial charge in [-0.05, 0) is 31.2 Å². The van der Waals surface area contributed by atoms with Crippen LogP contribution in [0.1, 0.15) is 70.6 Å². The molecule has 0 aliphatic carbocycles. The van der Waals surface area contributed by atoms with E-state index in [2.05, 4.69) is 38.1 Å². The zero-order chi connectivity index (χ0) is 15.1. The Hall–Kier alpha value is -1.32. The van der Waals surface area contributed by atoms with Crippen LogP contribution < -0.4 is 5.32 Å². The molecule has 0 bridgehead atoms. The first-order valence-corrected chi connectivity index (χ1v) is 7.81. The molecule has 0 aliphatic rings. The number of carbonyl (C=O) groups excluding carboxylic acids is 1. The lowest BCUT2D eigenvalue weighted by molar-refractivity contribution is -0.122. The van der Waals surface area contributed by atoms with Crippen LogP contribution >= 0.6 is 0 Å². The maximum Gasteiger partial charge on any atom is 0.241 e. The summed E-state index contributed by atoms with van der Waals surface area (Å²) in [4.78, 5) is 12.1. The average molecular weight is 279 g/mol. The van der Waals surface area contributed by atoms with Gasteiger partial charge in [-0.1, -0.05) is 40.5 Å². The predicted octanol–water partition coefficient (Wildman–Crippen LogP) is 3.40. The van der Waals surface area contributed by atoms with Gasteiger partial charge in [0.15, 0.2) is 0 Å². The molecule has 1 aromatic heterocycles. The van der Waals surface area contributed by atoms with Crippen LogP contribution in [0.15, 0.2) is 6.20 Å². The van der Waals surface area contributed by atoms with E-state index in [1.54, 1.807) is 4.68 Å². The zero-order valence-corrected chi connectivity index (χ0v) is 13.6. The van der Waals surface area contributed by atoms with Gasteiger partial charge < -0.3 is 5.32 Å². The molecule has 114 valence electrons. The molecule has 1 N–H and O–H groups in total. The summed E-state index contributed by atoms with van der Waals surface area (Å²) in [5.41, 5.74) is 2.24. The number of aryl methyl sites for hydroxylation is 1. The highest BCUT2D eigenvalue weighted by molar-refractivity contribution is 5.75. The minimum Gasteiger partial charge on any atom is -0.352 e. The summed E-state index contributed by atoms with van der Waals surface area (Å²) >= 11 is 0. The summed E-state index contributed by atoms with van der Waals surface area (Å²) in [5, 5.41) is 7.53. The Morgan fingerprint density at radius 3 is 2.60 bits per heavy atom.